The van der Waals surface area contributed by atoms with Gasteiger partial charge in [-0.3, -0.25) is 4.79 Å². The topological polar surface area (TPSA) is 44.8 Å². The average Bonchev–Trinajstić information content (AvgIpc) is 2.46. The van der Waals surface area contributed by atoms with Gasteiger partial charge in [0, 0.05) is 11.0 Å². The molecule has 0 amide bonds. The molecule has 1 unspecified atom stereocenters. The summed E-state index contributed by atoms with van der Waals surface area (Å²) in [5, 5.41) is 0. The molecule has 0 aliphatic rings. The molecule has 110 valence electrons. The molecule has 0 fully saturated rings. The Balaban J connectivity index is 3.21. The lowest BCUT2D eigenvalue weighted by Crippen LogP contribution is -2.25. The predicted molar refractivity (Wildman–Crippen MR) is 78.3 cm³/mol. The molecule has 0 saturated carbocycles. The molecule has 20 heavy (non-hydrogen) atoms. The third-order valence-corrected chi connectivity index (χ3v) is 3.29. The van der Waals surface area contributed by atoms with Crippen LogP contribution in [0.25, 0.3) is 0 Å². The van der Waals surface area contributed by atoms with Gasteiger partial charge in [-0.1, -0.05) is 13.0 Å². The van der Waals surface area contributed by atoms with Crippen LogP contribution in [0, 0.1) is 0 Å². The highest BCUT2D eigenvalue weighted by Crippen LogP contribution is 2.38. The zero-order valence-electron chi connectivity index (χ0n) is 12.6. The van der Waals surface area contributed by atoms with Gasteiger partial charge in [0.2, 0.25) is 0 Å². The Morgan fingerprint density at radius 2 is 2.05 bits per heavy atom. The highest BCUT2D eigenvalue weighted by atomic mass is 16.5. The van der Waals surface area contributed by atoms with Crippen LogP contribution in [0.2, 0.25) is 0 Å². The molecule has 0 aromatic heterocycles. The van der Waals surface area contributed by atoms with Crippen molar-refractivity contribution in [2.75, 3.05) is 20.8 Å². The number of hydrogen-bond acceptors (Lipinski definition) is 4. The maximum atomic E-state index is 11.8. The molecule has 0 aliphatic heterocycles. The van der Waals surface area contributed by atoms with E-state index in [0.29, 0.717) is 18.1 Å². The number of benzene rings is 1. The van der Waals surface area contributed by atoms with E-state index < -0.39 is 5.41 Å². The van der Waals surface area contributed by atoms with Gasteiger partial charge >= 0.3 is 5.97 Å². The summed E-state index contributed by atoms with van der Waals surface area (Å²) in [6.07, 6.45) is 1.94. The second kappa shape index (κ2) is 6.98. The molecule has 0 spiro atoms. The Hall–Kier alpha value is -1.97. The first-order chi connectivity index (χ1) is 9.50. The first-order valence-electron chi connectivity index (χ1n) is 6.52. The van der Waals surface area contributed by atoms with Crippen LogP contribution >= 0.6 is 0 Å². The number of methoxy groups -OCH3 is 2. The van der Waals surface area contributed by atoms with E-state index in [4.69, 9.17) is 14.2 Å². The van der Waals surface area contributed by atoms with E-state index in [1.54, 1.807) is 27.2 Å². The van der Waals surface area contributed by atoms with Crippen LogP contribution in [-0.4, -0.2) is 26.8 Å². The number of ether oxygens (including phenoxy) is 3. The van der Waals surface area contributed by atoms with Crippen molar-refractivity contribution in [3.05, 3.63) is 36.4 Å². The smallest absolute Gasteiger partial charge is 0.306 e. The second-order valence-corrected chi connectivity index (χ2v) is 4.67. The van der Waals surface area contributed by atoms with Gasteiger partial charge in [-0.15, -0.1) is 6.58 Å². The molecule has 4 heteroatoms. The van der Waals surface area contributed by atoms with E-state index in [9.17, 15) is 4.79 Å². The van der Waals surface area contributed by atoms with Gasteiger partial charge < -0.3 is 14.2 Å². The summed E-state index contributed by atoms with van der Waals surface area (Å²) in [5.41, 5.74) is 0.272. The number of carbonyl (C=O) groups excluding carboxylic acids is 1. The van der Waals surface area contributed by atoms with Crippen molar-refractivity contribution >= 4 is 5.97 Å². The molecule has 1 aromatic carbocycles. The molecule has 0 aliphatic carbocycles. The minimum atomic E-state index is -0.577. The minimum absolute atomic E-state index is 0.202. The van der Waals surface area contributed by atoms with E-state index >= 15 is 0 Å². The Morgan fingerprint density at radius 1 is 1.35 bits per heavy atom. The van der Waals surface area contributed by atoms with Crippen molar-refractivity contribution in [1.29, 1.82) is 0 Å². The van der Waals surface area contributed by atoms with E-state index in [1.807, 2.05) is 25.1 Å². The summed E-state index contributed by atoms with van der Waals surface area (Å²) in [6.45, 7) is 7.92. The fourth-order valence-corrected chi connectivity index (χ4v) is 2.05. The molecule has 0 radical (unpaired) electrons. The Morgan fingerprint density at radius 3 is 2.55 bits per heavy atom. The van der Waals surface area contributed by atoms with Crippen LogP contribution in [0.4, 0.5) is 0 Å². The first-order valence-corrected chi connectivity index (χ1v) is 6.52. The van der Waals surface area contributed by atoms with Gasteiger partial charge in [-0.25, -0.2) is 0 Å². The average molecular weight is 278 g/mol. The number of carbonyl (C=O) groups is 1. The normalized spacial score (nSPS) is 13.2. The second-order valence-electron chi connectivity index (χ2n) is 4.67. The van der Waals surface area contributed by atoms with E-state index in [0.717, 1.165) is 5.56 Å². The van der Waals surface area contributed by atoms with E-state index in [1.165, 1.54) is 0 Å². The Labute approximate surface area is 120 Å². The van der Waals surface area contributed by atoms with Crippen LogP contribution in [-0.2, 0) is 14.9 Å². The third-order valence-electron chi connectivity index (χ3n) is 3.29. The number of rotatable bonds is 7. The maximum Gasteiger partial charge on any atom is 0.306 e. The Kier molecular flexibility index (Phi) is 5.62. The number of hydrogen-bond donors (Lipinski definition) is 0. The molecule has 1 rings (SSSR count). The first kappa shape index (κ1) is 16.1. The van der Waals surface area contributed by atoms with Crippen LogP contribution in [0.5, 0.6) is 11.5 Å². The quantitative estimate of drug-likeness (QED) is 0.568. The molecule has 0 saturated heterocycles. The summed E-state index contributed by atoms with van der Waals surface area (Å²) >= 11 is 0. The summed E-state index contributed by atoms with van der Waals surface area (Å²) < 4.78 is 15.7. The summed E-state index contributed by atoms with van der Waals surface area (Å²) in [5.74, 6) is 1.13. The lowest BCUT2D eigenvalue weighted by Gasteiger charge is -2.27. The molecular formula is C16H22O4. The SMILES string of the molecule is C=CC(C)(CC(=O)OCC)c1cc(OC)ccc1OC. The fourth-order valence-electron chi connectivity index (χ4n) is 2.05. The lowest BCUT2D eigenvalue weighted by molar-refractivity contribution is -0.144. The predicted octanol–water partition coefficient (Wildman–Crippen LogP) is 3.10. The number of esters is 1. The van der Waals surface area contributed by atoms with Crippen molar-refractivity contribution in [3.63, 3.8) is 0 Å². The van der Waals surface area contributed by atoms with Gasteiger partial charge in [-0.2, -0.15) is 0 Å². The molecule has 0 N–H and O–H groups in total. The minimum Gasteiger partial charge on any atom is -0.497 e. The summed E-state index contributed by atoms with van der Waals surface area (Å²) in [7, 11) is 3.20. The highest BCUT2D eigenvalue weighted by Gasteiger charge is 2.30. The van der Waals surface area contributed by atoms with Crippen molar-refractivity contribution in [1.82, 2.24) is 0 Å². The van der Waals surface area contributed by atoms with Crippen LogP contribution in [0.1, 0.15) is 25.8 Å². The molecule has 0 bridgehead atoms. The monoisotopic (exact) mass is 278 g/mol. The zero-order chi connectivity index (χ0) is 15.2. The van der Waals surface area contributed by atoms with Gasteiger partial charge in [0.15, 0.2) is 0 Å². The van der Waals surface area contributed by atoms with E-state index in [2.05, 4.69) is 6.58 Å². The van der Waals surface area contributed by atoms with Crippen LogP contribution in [0.3, 0.4) is 0 Å². The van der Waals surface area contributed by atoms with Crippen molar-refractivity contribution in [2.45, 2.75) is 25.7 Å². The zero-order valence-corrected chi connectivity index (χ0v) is 12.6. The third kappa shape index (κ3) is 3.53. The van der Waals surface area contributed by atoms with Crippen molar-refractivity contribution < 1.29 is 19.0 Å². The van der Waals surface area contributed by atoms with Crippen LogP contribution in [0.15, 0.2) is 30.9 Å². The molecule has 1 aromatic rings. The largest absolute Gasteiger partial charge is 0.497 e. The van der Waals surface area contributed by atoms with E-state index in [-0.39, 0.29) is 12.4 Å². The van der Waals surface area contributed by atoms with Crippen LogP contribution < -0.4 is 9.47 Å². The summed E-state index contributed by atoms with van der Waals surface area (Å²) in [6, 6.07) is 5.50. The van der Waals surface area contributed by atoms with Gasteiger partial charge in [0.05, 0.1) is 27.2 Å². The summed E-state index contributed by atoms with van der Waals surface area (Å²) in [4.78, 5) is 11.8. The molecule has 0 heterocycles. The van der Waals surface area contributed by atoms with Gasteiger partial charge in [0.25, 0.3) is 0 Å². The fraction of sp³-hybridized carbons (Fsp3) is 0.438. The van der Waals surface area contributed by atoms with Gasteiger partial charge in [-0.05, 0) is 25.1 Å². The van der Waals surface area contributed by atoms with Crippen molar-refractivity contribution in [2.24, 2.45) is 0 Å². The molecular weight excluding hydrogens is 256 g/mol. The standard InChI is InChI=1S/C16H22O4/c1-6-16(3,11-15(17)20-7-2)13-10-12(18-4)8-9-14(13)19-5/h6,8-10H,1,7,11H2,2-5H3. The van der Waals surface area contributed by atoms with Crippen molar-refractivity contribution in [3.8, 4) is 11.5 Å². The number of allylic oxidation sites excluding steroid dienone is 1. The highest BCUT2D eigenvalue weighted by molar-refractivity contribution is 5.72. The van der Waals surface area contributed by atoms with Gasteiger partial charge in [0.1, 0.15) is 11.5 Å². The lowest BCUT2D eigenvalue weighted by atomic mass is 9.79. The maximum absolute atomic E-state index is 11.8. The molecule has 1 atom stereocenters. The molecule has 4 nitrogen and oxygen atoms in total. The Bertz CT molecular complexity index is 481.